The molecule has 0 spiro atoms. The average Bonchev–Trinajstić information content (AvgIpc) is 2.29. The van der Waals surface area contributed by atoms with Gasteiger partial charge < -0.3 is 0 Å². The Morgan fingerprint density at radius 1 is 0.429 bits per heavy atom. The first-order chi connectivity index (χ1) is 6.95. The number of rotatable bonds is 0. The summed E-state index contributed by atoms with van der Waals surface area (Å²) in [6, 6.07) is 0. The van der Waals surface area contributed by atoms with E-state index in [4.69, 9.17) is 0 Å². The summed E-state index contributed by atoms with van der Waals surface area (Å²) in [4.78, 5) is 0. The molecule has 0 radical (unpaired) electrons. The normalized spacial score (nSPS) is 48.0. The van der Waals surface area contributed by atoms with Gasteiger partial charge >= 0.3 is 0 Å². The van der Waals surface area contributed by atoms with Crippen LogP contribution in [-0.2, 0) is 0 Å². The van der Waals surface area contributed by atoms with Gasteiger partial charge in [-0.15, -0.1) is 0 Å². The van der Waals surface area contributed by atoms with Crippen LogP contribution in [-0.4, -0.2) is 0 Å². The highest BCUT2D eigenvalue weighted by Crippen LogP contribution is 2.51. The van der Waals surface area contributed by atoms with Gasteiger partial charge in [-0.3, -0.25) is 0 Å². The molecule has 0 aromatic heterocycles. The number of hydrogen-bond acceptors (Lipinski definition) is 0. The lowest BCUT2D eigenvalue weighted by atomic mass is 9.58. The van der Waals surface area contributed by atoms with Crippen LogP contribution in [0.1, 0.15) is 64.2 Å². The van der Waals surface area contributed by atoms with Crippen molar-refractivity contribution in [1.82, 2.24) is 0 Å². The Morgan fingerprint density at radius 3 is 1.36 bits per heavy atom. The molecule has 0 aromatic rings. The van der Waals surface area contributed by atoms with E-state index in [2.05, 4.69) is 0 Å². The first-order valence-electron chi connectivity index (χ1n) is 6.95. The summed E-state index contributed by atoms with van der Waals surface area (Å²) >= 11 is 0. The molecule has 0 N–H and O–H groups in total. The van der Waals surface area contributed by atoms with Gasteiger partial charge in [0.05, 0.1) is 0 Å². The quantitative estimate of drug-likeness (QED) is 0.534. The van der Waals surface area contributed by atoms with Gasteiger partial charge in [-0.05, 0) is 49.4 Å². The first-order valence-corrected chi connectivity index (χ1v) is 6.95. The van der Waals surface area contributed by atoms with Gasteiger partial charge in [0.2, 0.25) is 0 Å². The second-order valence-electron chi connectivity index (χ2n) is 5.99. The van der Waals surface area contributed by atoms with Crippen molar-refractivity contribution in [2.75, 3.05) is 0 Å². The van der Waals surface area contributed by atoms with Crippen molar-refractivity contribution in [3.63, 3.8) is 0 Å². The largest absolute Gasteiger partial charge is 0.0530 e. The zero-order valence-corrected chi connectivity index (χ0v) is 9.38. The minimum Gasteiger partial charge on any atom is -0.0530 e. The maximum Gasteiger partial charge on any atom is -0.0355 e. The van der Waals surface area contributed by atoms with Crippen LogP contribution in [0.25, 0.3) is 0 Å². The Bertz CT molecular complexity index is 174. The molecule has 80 valence electrons. The number of hydrogen-bond donors (Lipinski definition) is 0. The molecule has 4 unspecified atom stereocenters. The molecule has 3 aliphatic rings. The van der Waals surface area contributed by atoms with Crippen molar-refractivity contribution < 1.29 is 0 Å². The predicted molar refractivity (Wildman–Crippen MR) is 60.1 cm³/mol. The maximum atomic E-state index is 1.59. The molecule has 14 heavy (non-hydrogen) atoms. The minimum absolute atomic E-state index is 1.16. The van der Waals surface area contributed by atoms with Gasteiger partial charge in [-0.25, -0.2) is 0 Å². The monoisotopic (exact) mass is 192 g/mol. The lowest BCUT2D eigenvalue weighted by Gasteiger charge is -2.48. The molecule has 3 fully saturated rings. The second-order valence-corrected chi connectivity index (χ2v) is 5.99. The summed E-state index contributed by atoms with van der Waals surface area (Å²) in [5.74, 6) is 4.65. The second kappa shape index (κ2) is 3.87. The van der Waals surface area contributed by atoms with Crippen LogP contribution in [0, 0.1) is 23.7 Å². The van der Waals surface area contributed by atoms with E-state index < -0.39 is 0 Å². The zero-order chi connectivity index (χ0) is 9.38. The van der Waals surface area contributed by atoms with Gasteiger partial charge in [0, 0.05) is 0 Å². The lowest BCUT2D eigenvalue weighted by Crippen LogP contribution is -2.38. The molecule has 4 atom stereocenters. The zero-order valence-electron chi connectivity index (χ0n) is 9.38. The van der Waals surface area contributed by atoms with E-state index >= 15 is 0 Å². The Balaban J connectivity index is 1.74. The van der Waals surface area contributed by atoms with E-state index in [1.807, 2.05) is 0 Å². The summed E-state index contributed by atoms with van der Waals surface area (Å²) in [5, 5.41) is 0. The first kappa shape index (κ1) is 9.24. The van der Waals surface area contributed by atoms with Crippen molar-refractivity contribution in [2.24, 2.45) is 23.7 Å². The summed E-state index contributed by atoms with van der Waals surface area (Å²) in [5.41, 5.74) is 0. The predicted octanol–water partition coefficient (Wildman–Crippen LogP) is 4.39. The van der Waals surface area contributed by atoms with Crippen molar-refractivity contribution in [3.05, 3.63) is 0 Å². The van der Waals surface area contributed by atoms with E-state index in [1.54, 1.807) is 64.2 Å². The third-order valence-electron chi connectivity index (χ3n) is 5.39. The average molecular weight is 192 g/mol. The Morgan fingerprint density at radius 2 is 0.857 bits per heavy atom. The maximum absolute atomic E-state index is 1.59. The molecule has 3 aliphatic carbocycles. The summed E-state index contributed by atoms with van der Waals surface area (Å²) in [6.45, 7) is 0. The van der Waals surface area contributed by atoms with Crippen LogP contribution in [0.2, 0.25) is 0 Å². The van der Waals surface area contributed by atoms with Gasteiger partial charge in [0.15, 0.2) is 0 Å². The van der Waals surface area contributed by atoms with Crippen LogP contribution < -0.4 is 0 Å². The van der Waals surface area contributed by atoms with E-state index in [-0.39, 0.29) is 0 Å². The molecule has 0 bridgehead atoms. The van der Waals surface area contributed by atoms with Crippen LogP contribution in [0.4, 0.5) is 0 Å². The molecule has 0 saturated heterocycles. The fourth-order valence-electron chi connectivity index (χ4n) is 4.74. The van der Waals surface area contributed by atoms with E-state index in [0.717, 1.165) is 11.8 Å². The lowest BCUT2D eigenvalue weighted by molar-refractivity contribution is 0.0278. The number of fused-ring (bicyclic) bond motifs is 3. The van der Waals surface area contributed by atoms with Crippen molar-refractivity contribution in [3.8, 4) is 0 Å². The molecule has 0 aliphatic heterocycles. The van der Waals surface area contributed by atoms with Crippen molar-refractivity contribution >= 4 is 0 Å². The standard InChI is InChI=1S/C14H24/c1-3-7-13-11(5-1)9-10-12-6-2-4-8-14(12)13/h11-14H,1-10H2. The molecule has 0 heterocycles. The smallest absolute Gasteiger partial charge is 0.0355 e. The summed E-state index contributed by atoms with van der Waals surface area (Å²) in [6.07, 6.45) is 15.7. The van der Waals surface area contributed by atoms with Gasteiger partial charge in [0.25, 0.3) is 0 Å². The molecule has 0 amide bonds. The highest BCUT2D eigenvalue weighted by Gasteiger charge is 2.40. The summed E-state index contributed by atoms with van der Waals surface area (Å²) in [7, 11) is 0. The van der Waals surface area contributed by atoms with Crippen LogP contribution in [0.5, 0.6) is 0 Å². The third-order valence-corrected chi connectivity index (χ3v) is 5.39. The molecular formula is C14H24. The fraction of sp³-hybridized carbons (Fsp3) is 1.00. The Kier molecular flexibility index (Phi) is 2.55. The fourth-order valence-corrected chi connectivity index (χ4v) is 4.74. The molecule has 3 saturated carbocycles. The molecule has 3 rings (SSSR count). The SMILES string of the molecule is C1CCC2C(C1)CCC1CCCCC12. The van der Waals surface area contributed by atoms with Gasteiger partial charge in [-0.2, -0.15) is 0 Å². The molecule has 0 heteroatoms. The Hall–Kier alpha value is 0. The highest BCUT2D eigenvalue weighted by atomic mass is 14.5. The molecular weight excluding hydrogens is 168 g/mol. The van der Waals surface area contributed by atoms with Crippen LogP contribution in [0.15, 0.2) is 0 Å². The van der Waals surface area contributed by atoms with Gasteiger partial charge in [0.1, 0.15) is 0 Å². The van der Waals surface area contributed by atoms with E-state index in [0.29, 0.717) is 0 Å². The van der Waals surface area contributed by atoms with Gasteiger partial charge in [-0.1, -0.05) is 38.5 Å². The molecule has 0 nitrogen and oxygen atoms in total. The van der Waals surface area contributed by atoms with Crippen LogP contribution >= 0.6 is 0 Å². The Labute approximate surface area is 88.5 Å². The minimum atomic E-state index is 1.16. The van der Waals surface area contributed by atoms with E-state index in [1.165, 1.54) is 11.8 Å². The van der Waals surface area contributed by atoms with Crippen molar-refractivity contribution in [1.29, 1.82) is 0 Å². The highest BCUT2D eigenvalue weighted by molar-refractivity contribution is 4.91. The topological polar surface area (TPSA) is 0 Å². The summed E-state index contributed by atoms with van der Waals surface area (Å²) < 4.78 is 0. The van der Waals surface area contributed by atoms with E-state index in [9.17, 15) is 0 Å². The molecule has 0 aromatic carbocycles. The third kappa shape index (κ3) is 1.51. The van der Waals surface area contributed by atoms with Crippen molar-refractivity contribution in [2.45, 2.75) is 64.2 Å². The van der Waals surface area contributed by atoms with Crippen LogP contribution in [0.3, 0.4) is 0 Å².